The number of nitrogens with two attached hydrogens (primary N) is 1. The van der Waals surface area contributed by atoms with Crippen LogP contribution in [0.1, 0.15) is 13.3 Å². The van der Waals surface area contributed by atoms with Crippen LogP contribution in [0.25, 0.3) is 0 Å². The molecule has 0 saturated carbocycles. The molecule has 2 aliphatic rings. The molecule has 76 valence electrons. The number of hydrogen-bond donors (Lipinski definition) is 1. The summed E-state index contributed by atoms with van der Waals surface area (Å²) in [6, 6.07) is 0. The molecule has 1 aliphatic heterocycles. The summed E-state index contributed by atoms with van der Waals surface area (Å²) < 4.78 is 23.2. The molecule has 2 rings (SSSR count). The van der Waals surface area contributed by atoms with Gasteiger partial charge in [-0.3, -0.25) is 0 Å². The minimum atomic E-state index is -3.03. The van der Waals surface area contributed by atoms with E-state index in [0.29, 0.717) is 11.3 Å². The standard InChI is InChI=1S/C10H13NO2S/c1-10(11)5-2-8-4-7-14(12,13)9(8)3-6-10/h2-3,5-6H,4,7,11H2,1H3. The quantitative estimate of drug-likeness (QED) is 0.647. The lowest BCUT2D eigenvalue weighted by Gasteiger charge is -2.13. The van der Waals surface area contributed by atoms with Gasteiger partial charge in [0.25, 0.3) is 0 Å². The Balaban J connectivity index is 2.53. The zero-order valence-electron chi connectivity index (χ0n) is 8.03. The molecule has 1 atom stereocenters. The van der Waals surface area contributed by atoms with Crippen molar-refractivity contribution in [2.24, 2.45) is 5.73 Å². The monoisotopic (exact) mass is 211 g/mol. The second kappa shape index (κ2) is 2.81. The Morgan fingerprint density at radius 1 is 1.36 bits per heavy atom. The predicted octanol–water partition coefficient (Wildman–Crippen LogP) is 0.902. The van der Waals surface area contributed by atoms with Gasteiger partial charge in [0.15, 0.2) is 9.84 Å². The summed E-state index contributed by atoms with van der Waals surface area (Å²) in [6.45, 7) is 1.84. The van der Waals surface area contributed by atoms with Crippen LogP contribution in [0.4, 0.5) is 0 Å². The first-order chi connectivity index (χ1) is 6.41. The first-order valence-electron chi connectivity index (χ1n) is 4.54. The van der Waals surface area contributed by atoms with Crippen molar-refractivity contribution in [3.05, 3.63) is 34.8 Å². The molecule has 14 heavy (non-hydrogen) atoms. The van der Waals surface area contributed by atoms with Gasteiger partial charge >= 0.3 is 0 Å². The van der Waals surface area contributed by atoms with Crippen molar-refractivity contribution in [2.75, 3.05) is 5.75 Å². The van der Waals surface area contributed by atoms with Crippen LogP contribution in [0.3, 0.4) is 0 Å². The third kappa shape index (κ3) is 1.55. The van der Waals surface area contributed by atoms with Crippen LogP contribution in [-0.4, -0.2) is 19.7 Å². The van der Waals surface area contributed by atoms with E-state index < -0.39 is 15.4 Å². The van der Waals surface area contributed by atoms with Gasteiger partial charge in [0.2, 0.25) is 0 Å². The number of sulfone groups is 1. The molecule has 1 aliphatic carbocycles. The first kappa shape index (κ1) is 9.68. The summed E-state index contributed by atoms with van der Waals surface area (Å²) in [5, 5.41) is 0. The lowest BCUT2D eigenvalue weighted by molar-refractivity contribution is 0.605. The summed E-state index contributed by atoms with van der Waals surface area (Å²) in [4.78, 5) is 0.447. The van der Waals surface area contributed by atoms with Crippen molar-refractivity contribution in [3.63, 3.8) is 0 Å². The summed E-state index contributed by atoms with van der Waals surface area (Å²) in [6.07, 6.45) is 7.65. The maximum absolute atomic E-state index is 11.6. The van der Waals surface area contributed by atoms with Crippen molar-refractivity contribution in [1.29, 1.82) is 0 Å². The van der Waals surface area contributed by atoms with E-state index in [1.54, 1.807) is 12.2 Å². The Morgan fingerprint density at radius 2 is 2.00 bits per heavy atom. The maximum Gasteiger partial charge on any atom is 0.178 e. The fraction of sp³-hybridized carbons (Fsp3) is 0.400. The highest BCUT2D eigenvalue weighted by Crippen LogP contribution is 2.30. The van der Waals surface area contributed by atoms with E-state index >= 15 is 0 Å². The average molecular weight is 211 g/mol. The van der Waals surface area contributed by atoms with E-state index in [2.05, 4.69) is 0 Å². The van der Waals surface area contributed by atoms with Gasteiger partial charge < -0.3 is 5.73 Å². The van der Waals surface area contributed by atoms with Gasteiger partial charge in [-0.15, -0.1) is 0 Å². The van der Waals surface area contributed by atoms with Crippen molar-refractivity contribution < 1.29 is 8.42 Å². The second-order valence-electron chi connectivity index (χ2n) is 3.99. The van der Waals surface area contributed by atoms with Gasteiger partial charge in [0.05, 0.1) is 16.2 Å². The van der Waals surface area contributed by atoms with Crippen LogP contribution >= 0.6 is 0 Å². The van der Waals surface area contributed by atoms with Crippen LogP contribution in [0.15, 0.2) is 34.8 Å². The van der Waals surface area contributed by atoms with Crippen LogP contribution in [-0.2, 0) is 9.84 Å². The van der Waals surface area contributed by atoms with E-state index in [1.165, 1.54) is 0 Å². The maximum atomic E-state index is 11.6. The molecule has 2 N–H and O–H groups in total. The van der Waals surface area contributed by atoms with E-state index in [-0.39, 0.29) is 5.75 Å². The minimum absolute atomic E-state index is 0.230. The summed E-state index contributed by atoms with van der Waals surface area (Å²) in [7, 11) is -3.03. The van der Waals surface area contributed by atoms with Gasteiger partial charge in [-0.25, -0.2) is 8.42 Å². The van der Waals surface area contributed by atoms with Gasteiger partial charge in [-0.05, 0) is 25.0 Å². The SMILES string of the molecule is CC1(N)C=CC2=C(C=C1)S(=O)(=O)CC2. The number of hydrogen-bond acceptors (Lipinski definition) is 3. The van der Waals surface area contributed by atoms with Crippen molar-refractivity contribution >= 4 is 9.84 Å². The highest BCUT2D eigenvalue weighted by atomic mass is 32.2. The number of allylic oxidation sites excluding steroid dienone is 3. The molecule has 4 heteroatoms. The Morgan fingerprint density at radius 3 is 2.71 bits per heavy atom. The fourth-order valence-corrected chi connectivity index (χ4v) is 3.20. The van der Waals surface area contributed by atoms with E-state index in [4.69, 9.17) is 5.73 Å². The lowest BCUT2D eigenvalue weighted by Crippen LogP contribution is -2.30. The van der Waals surface area contributed by atoms with Crippen molar-refractivity contribution in [2.45, 2.75) is 18.9 Å². The molecule has 0 radical (unpaired) electrons. The molecule has 0 bridgehead atoms. The topological polar surface area (TPSA) is 60.2 Å². The van der Waals surface area contributed by atoms with Gasteiger partial charge in [-0.1, -0.05) is 18.2 Å². The smallest absolute Gasteiger partial charge is 0.178 e. The Bertz CT molecular complexity index is 453. The van der Waals surface area contributed by atoms with E-state index in [1.807, 2.05) is 19.1 Å². The Hall–Kier alpha value is -0.870. The second-order valence-corrected chi connectivity index (χ2v) is 6.07. The van der Waals surface area contributed by atoms with Crippen molar-refractivity contribution in [3.8, 4) is 0 Å². The highest BCUT2D eigenvalue weighted by Gasteiger charge is 2.28. The van der Waals surface area contributed by atoms with Crippen LogP contribution in [0.2, 0.25) is 0 Å². The van der Waals surface area contributed by atoms with E-state index in [0.717, 1.165) is 5.57 Å². The van der Waals surface area contributed by atoms with Crippen LogP contribution in [0, 0.1) is 0 Å². The predicted molar refractivity (Wildman–Crippen MR) is 56.3 cm³/mol. The lowest BCUT2D eigenvalue weighted by atomic mass is 10.0. The molecule has 1 unspecified atom stereocenters. The van der Waals surface area contributed by atoms with Gasteiger partial charge in [0, 0.05) is 0 Å². The van der Waals surface area contributed by atoms with Crippen molar-refractivity contribution in [1.82, 2.24) is 0 Å². The molecule has 0 fully saturated rings. The molecule has 0 aromatic rings. The summed E-state index contributed by atoms with van der Waals surface area (Å²) >= 11 is 0. The molecular weight excluding hydrogens is 198 g/mol. The molecule has 0 aromatic heterocycles. The van der Waals surface area contributed by atoms with Gasteiger partial charge in [0.1, 0.15) is 0 Å². The molecule has 0 aromatic carbocycles. The zero-order chi connectivity index (χ0) is 10.4. The number of rotatable bonds is 0. The zero-order valence-corrected chi connectivity index (χ0v) is 8.84. The molecule has 0 amide bonds. The molecule has 0 saturated heterocycles. The fourth-order valence-electron chi connectivity index (χ4n) is 1.64. The molecular formula is C10H13NO2S. The minimum Gasteiger partial charge on any atom is -0.319 e. The highest BCUT2D eigenvalue weighted by molar-refractivity contribution is 7.95. The third-order valence-electron chi connectivity index (χ3n) is 2.53. The molecule has 1 heterocycles. The Labute approximate surface area is 83.9 Å². The average Bonchev–Trinajstić information content (AvgIpc) is 2.23. The first-order valence-corrected chi connectivity index (χ1v) is 6.19. The van der Waals surface area contributed by atoms with E-state index in [9.17, 15) is 8.42 Å². The van der Waals surface area contributed by atoms with Gasteiger partial charge in [-0.2, -0.15) is 0 Å². The summed E-state index contributed by atoms with van der Waals surface area (Å²) in [5.74, 6) is 0.230. The molecule has 3 nitrogen and oxygen atoms in total. The molecule has 0 spiro atoms. The summed E-state index contributed by atoms with van der Waals surface area (Å²) in [5.41, 5.74) is 6.22. The van der Waals surface area contributed by atoms with Crippen LogP contribution < -0.4 is 5.73 Å². The largest absolute Gasteiger partial charge is 0.319 e. The Kier molecular flexibility index (Phi) is 1.94. The van der Waals surface area contributed by atoms with Crippen LogP contribution in [0.5, 0.6) is 0 Å². The third-order valence-corrected chi connectivity index (χ3v) is 4.34. The normalized spacial score (nSPS) is 34.4.